The number of ether oxygens (including phenoxy) is 1. The highest BCUT2D eigenvalue weighted by molar-refractivity contribution is 5.75. The number of rotatable bonds is 6. The fraction of sp³-hybridized carbons (Fsp3) is 0.818. The van der Waals surface area contributed by atoms with E-state index < -0.39 is 12.1 Å². The van der Waals surface area contributed by atoms with Crippen LogP contribution in [0.1, 0.15) is 32.6 Å². The van der Waals surface area contributed by atoms with E-state index >= 15 is 0 Å². The van der Waals surface area contributed by atoms with Gasteiger partial charge in [-0.1, -0.05) is 0 Å². The van der Waals surface area contributed by atoms with Crippen molar-refractivity contribution in [3.05, 3.63) is 0 Å². The molecule has 1 rings (SSSR count). The maximum absolute atomic E-state index is 11.5. The van der Waals surface area contributed by atoms with Gasteiger partial charge in [0, 0.05) is 19.2 Å². The van der Waals surface area contributed by atoms with E-state index in [1.807, 2.05) is 6.92 Å². The first kappa shape index (κ1) is 13.8. The Hall–Kier alpha value is -1.30. The Kier molecular flexibility index (Phi) is 4.74. The minimum atomic E-state index is -0.940. The monoisotopic (exact) mass is 244 g/mol. The molecule has 1 fully saturated rings. The van der Waals surface area contributed by atoms with Crippen molar-refractivity contribution in [2.75, 3.05) is 13.7 Å². The summed E-state index contributed by atoms with van der Waals surface area (Å²) in [5.74, 6) is -0.940. The average Bonchev–Trinajstić information content (AvgIpc) is 2.21. The molecule has 0 radical (unpaired) electrons. The number of aliphatic carboxylic acids is 1. The number of hydrogen-bond acceptors (Lipinski definition) is 3. The molecule has 0 spiro atoms. The molecule has 0 saturated heterocycles. The SMILES string of the molecule is COC(CNC(=O)NC1(C)CCC1)CC(=O)O. The summed E-state index contributed by atoms with van der Waals surface area (Å²) in [6.45, 7) is 2.20. The van der Waals surface area contributed by atoms with Crippen LogP contribution in [0.2, 0.25) is 0 Å². The zero-order valence-electron chi connectivity index (χ0n) is 10.3. The first-order chi connectivity index (χ1) is 7.95. The predicted molar refractivity (Wildman–Crippen MR) is 61.8 cm³/mol. The van der Waals surface area contributed by atoms with E-state index in [1.54, 1.807) is 0 Å². The van der Waals surface area contributed by atoms with Crippen molar-refractivity contribution in [1.29, 1.82) is 0 Å². The van der Waals surface area contributed by atoms with Crippen molar-refractivity contribution < 1.29 is 19.4 Å². The van der Waals surface area contributed by atoms with Gasteiger partial charge in [-0.25, -0.2) is 4.79 Å². The van der Waals surface area contributed by atoms with Gasteiger partial charge in [0.15, 0.2) is 0 Å². The van der Waals surface area contributed by atoms with Crippen molar-refractivity contribution in [1.82, 2.24) is 10.6 Å². The summed E-state index contributed by atoms with van der Waals surface area (Å²) in [6.07, 6.45) is 2.50. The number of carboxylic acids is 1. The van der Waals surface area contributed by atoms with E-state index in [2.05, 4.69) is 10.6 Å². The fourth-order valence-corrected chi connectivity index (χ4v) is 1.79. The minimum Gasteiger partial charge on any atom is -0.481 e. The summed E-state index contributed by atoms with van der Waals surface area (Å²) >= 11 is 0. The molecule has 0 bridgehead atoms. The van der Waals surface area contributed by atoms with Crippen LogP contribution in [0.5, 0.6) is 0 Å². The van der Waals surface area contributed by atoms with Gasteiger partial charge in [0.25, 0.3) is 0 Å². The number of amides is 2. The van der Waals surface area contributed by atoms with E-state index in [0.29, 0.717) is 0 Å². The molecular weight excluding hydrogens is 224 g/mol. The summed E-state index contributed by atoms with van der Waals surface area (Å²) in [5, 5.41) is 14.1. The summed E-state index contributed by atoms with van der Waals surface area (Å²) in [7, 11) is 1.43. The molecule has 6 nitrogen and oxygen atoms in total. The molecule has 1 atom stereocenters. The minimum absolute atomic E-state index is 0.0978. The Bertz CT molecular complexity index is 289. The molecule has 6 heteroatoms. The van der Waals surface area contributed by atoms with Crippen LogP contribution in [0, 0.1) is 0 Å². The Morgan fingerprint density at radius 2 is 2.12 bits per heavy atom. The second-order valence-electron chi connectivity index (χ2n) is 4.70. The third kappa shape index (κ3) is 4.60. The van der Waals surface area contributed by atoms with Crippen LogP contribution in [0.3, 0.4) is 0 Å². The van der Waals surface area contributed by atoms with Crippen LogP contribution in [0.15, 0.2) is 0 Å². The molecule has 3 N–H and O–H groups in total. The van der Waals surface area contributed by atoms with Gasteiger partial charge in [0.1, 0.15) is 0 Å². The third-order valence-corrected chi connectivity index (χ3v) is 3.10. The van der Waals surface area contributed by atoms with Gasteiger partial charge in [-0.2, -0.15) is 0 Å². The maximum Gasteiger partial charge on any atom is 0.315 e. The van der Waals surface area contributed by atoms with Crippen molar-refractivity contribution in [3.8, 4) is 0 Å². The maximum atomic E-state index is 11.5. The predicted octanol–water partition coefficient (Wildman–Crippen LogP) is 0.718. The number of nitrogens with one attached hydrogen (secondary N) is 2. The van der Waals surface area contributed by atoms with Crippen molar-refractivity contribution in [3.63, 3.8) is 0 Å². The number of carbonyl (C=O) groups is 2. The zero-order chi connectivity index (χ0) is 12.9. The van der Waals surface area contributed by atoms with Crippen LogP contribution in [-0.4, -0.2) is 42.4 Å². The molecular formula is C11H20N2O4. The lowest BCUT2D eigenvalue weighted by molar-refractivity contribution is -0.139. The normalized spacial score (nSPS) is 18.9. The Morgan fingerprint density at radius 1 is 1.47 bits per heavy atom. The molecule has 0 aromatic rings. The van der Waals surface area contributed by atoms with E-state index in [1.165, 1.54) is 7.11 Å². The molecule has 1 unspecified atom stereocenters. The number of urea groups is 1. The fourth-order valence-electron chi connectivity index (χ4n) is 1.79. The Labute approximate surface area is 101 Å². The Balaban J connectivity index is 2.23. The third-order valence-electron chi connectivity index (χ3n) is 3.10. The van der Waals surface area contributed by atoms with Gasteiger partial charge < -0.3 is 20.5 Å². The van der Waals surface area contributed by atoms with Crippen LogP contribution >= 0.6 is 0 Å². The molecule has 2 amide bonds. The highest BCUT2D eigenvalue weighted by Gasteiger charge is 2.33. The van der Waals surface area contributed by atoms with Gasteiger partial charge >= 0.3 is 12.0 Å². The van der Waals surface area contributed by atoms with Crippen LogP contribution < -0.4 is 10.6 Å². The van der Waals surface area contributed by atoms with Crippen LogP contribution in [0.4, 0.5) is 4.79 Å². The first-order valence-electron chi connectivity index (χ1n) is 5.76. The summed E-state index contributed by atoms with van der Waals surface area (Å²) in [6, 6.07) is -0.264. The van der Waals surface area contributed by atoms with Crippen molar-refractivity contribution in [2.45, 2.75) is 44.2 Å². The van der Waals surface area contributed by atoms with Crippen molar-refractivity contribution >= 4 is 12.0 Å². The molecule has 17 heavy (non-hydrogen) atoms. The molecule has 1 aliphatic rings. The number of carbonyl (C=O) groups excluding carboxylic acids is 1. The summed E-state index contributed by atoms with van der Waals surface area (Å²) < 4.78 is 4.96. The Morgan fingerprint density at radius 3 is 2.53 bits per heavy atom. The zero-order valence-corrected chi connectivity index (χ0v) is 10.3. The first-order valence-corrected chi connectivity index (χ1v) is 5.76. The van der Waals surface area contributed by atoms with E-state index in [4.69, 9.17) is 9.84 Å². The quantitative estimate of drug-likeness (QED) is 0.642. The lowest BCUT2D eigenvalue weighted by Gasteiger charge is -2.39. The van der Waals surface area contributed by atoms with Gasteiger partial charge in [-0.05, 0) is 26.2 Å². The number of hydrogen-bond donors (Lipinski definition) is 3. The number of carboxylic acid groups (broad SMARTS) is 1. The van der Waals surface area contributed by atoms with E-state index in [-0.39, 0.29) is 24.5 Å². The molecule has 1 aliphatic carbocycles. The highest BCUT2D eigenvalue weighted by Crippen LogP contribution is 2.30. The lowest BCUT2D eigenvalue weighted by Crippen LogP contribution is -2.55. The van der Waals surface area contributed by atoms with Gasteiger partial charge in [0.05, 0.1) is 12.5 Å². The average molecular weight is 244 g/mol. The molecule has 0 aliphatic heterocycles. The second kappa shape index (κ2) is 5.86. The largest absolute Gasteiger partial charge is 0.481 e. The number of methoxy groups -OCH3 is 1. The highest BCUT2D eigenvalue weighted by atomic mass is 16.5. The van der Waals surface area contributed by atoms with Crippen molar-refractivity contribution in [2.24, 2.45) is 0 Å². The van der Waals surface area contributed by atoms with E-state index in [0.717, 1.165) is 19.3 Å². The molecule has 98 valence electrons. The van der Waals surface area contributed by atoms with E-state index in [9.17, 15) is 9.59 Å². The second-order valence-corrected chi connectivity index (χ2v) is 4.70. The van der Waals surface area contributed by atoms with Gasteiger partial charge in [0.2, 0.25) is 0 Å². The summed E-state index contributed by atoms with van der Waals surface area (Å²) in [5.41, 5.74) is -0.0978. The molecule has 0 aromatic heterocycles. The van der Waals surface area contributed by atoms with Gasteiger partial charge in [-0.3, -0.25) is 4.79 Å². The standard InChI is InChI=1S/C11H20N2O4/c1-11(4-3-5-11)13-10(16)12-7-8(17-2)6-9(14)15/h8H,3-7H2,1-2H3,(H,14,15)(H2,12,13,16). The summed E-state index contributed by atoms with van der Waals surface area (Å²) in [4.78, 5) is 22.0. The van der Waals surface area contributed by atoms with Gasteiger partial charge in [-0.15, -0.1) is 0 Å². The molecule has 1 saturated carbocycles. The lowest BCUT2D eigenvalue weighted by atomic mass is 9.79. The van der Waals surface area contributed by atoms with Crippen LogP contribution in [-0.2, 0) is 9.53 Å². The molecule has 0 aromatic carbocycles. The topological polar surface area (TPSA) is 87.7 Å². The van der Waals surface area contributed by atoms with Crippen LogP contribution in [0.25, 0.3) is 0 Å². The smallest absolute Gasteiger partial charge is 0.315 e. The molecule has 0 heterocycles.